The number of hydrogen-bond donors (Lipinski definition) is 2. The van der Waals surface area contributed by atoms with Crippen LogP contribution < -0.4 is 5.32 Å². The van der Waals surface area contributed by atoms with Crippen molar-refractivity contribution in [3.05, 3.63) is 35.9 Å². The molecule has 20 heavy (non-hydrogen) atoms. The second-order valence-electron chi connectivity index (χ2n) is 5.94. The Morgan fingerprint density at radius 2 is 2.10 bits per heavy atom. The van der Waals surface area contributed by atoms with E-state index in [2.05, 4.69) is 54.4 Å². The van der Waals surface area contributed by atoms with Gasteiger partial charge in [-0.2, -0.15) is 0 Å². The monoisotopic (exact) mass is 276 g/mol. The molecule has 1 aliphatic heterocycles. The van der Waals surface area contributed by atoms with Gasteiger partial charge >= 0.3 is 0 Å². The Labute approximate surface area is 123 Å². The van der Waals surface area contributed by atoms with Gasteiger partial charge in [0.2, 0.25) is 0 Å². The molecule has 2 rings (SSSR count). The highest BCUT2D eigenvalue weighted by molar-refractivity contribution is 5.18. The summed E-state index contributed by atoms with van der Waals surface area (Å²) in [5.74, 6) is 0.401. The summed E-state index contributed by atoms with van der Waals surface area (Å²) in [6.45, 7) is 8.46. The van der Waals surface area contributed by atoms with Crippen LogP contribution >= 0.6 is 0 Å². The number of benzene rings is 1. The molecular weight excluding hydrogens is 248 g/mol. The molecule has 0 aromatic heterocycles. The number of hydrogen-bond acceptors (Lipinski definition) is 3. The SMILES string of the molecule is CCNC(CCN1CCC(O)C(C)C1)c1ccccc1. The van der Waals surface area contributed by atoms with Gasteiger partial charge in [0.05, 0.1) is 6.10 Å². The summed E-state index contributed by atoms with van der Waals surface area (Å²) >= 11 is 0. The van der Waals surface area contributed by atoms with E-state index < -0.39 is 0 Å². The van der Waals surface area contributed by atoms with Crippen LogP contribution in [0.4, 0.5) is 0 Å². The second-order valence-corrected chi connectivity index (χ2v) is 5.94. The lowest BCUT2D eigenvalue weighted by Crippen LogP contribution is -2.43. The van der Waals surface area contributed by atoms with Crippen molar-refractivity contribution in [3.8, 4) is 0 Å². The van der Waals surface area contributed by atoms with Crippen molar-refractivity contribution in [2.45, 2.75) is 38.8 Å². The molecule has 1 fully saturated rings. The molecule has 0 amide bonds. The van der Waals surface area contributed by atoms with Crippen molar-refractivity contribution in [2.24, 2.45) is 5.92 Å². The van der Waals surface area contributed by atoms with Gasteiger partial charge in [0.1, 0.15) is 0 Å². The summed E-state index contributed by atoms with van der Waals surface area (Å²) in [6, 6.07) is 11.1. The first-order valence-corrected chi connectivity index (χ1v) is 7.89. The van der Waals surface area contributed by atoms with Crippen LogP contribution in [0, 0.1) is 5.92 Å². The first kappa shape index (κ1) is 15.5. The maximum atomic E-state index is 9.80. The van der Waals surface area contributed by atoms with Crippen molar-refractivity contribution >= 4 is 0 Å². The summed E-state index contributed by atoms with van der Waals surface area (Å²) in [5.41, 5.74) is 1.37. The fourth-order valence-corrected chi connectivity index (χ4v) is 3.05. The minimum absolute atomic E-state index is 0.107. The maximum Gasteiger partial charge on any atom is 0.0590 e. The fourth-order valence-electron chi connectivity index (χ4n) is 3.05. The standard InChI is InChI=1S/C17H28N2O/c1-3-18-16(15-7-5-4-6-8-15)9-11-19-12-10-17(20)14(2)13-19/h4-8,14,16-18,20H,3,9-13H2,1-2H3. The zero-order valence-electron chi connectivity index (χ0n) is 12.8. The second kappa shape index (κ2) is 7.77. The molecule has 0 aliphatic carbocycles. The summed E-state index contributed by atoms with van der Waals surface area (Å²) in [7, 11) is 0. The lowest BCUT2D eigenvalue weighted by Gasteiger charge is -2.35. The van der Waals surface area contributed by atoms with Crippen LogP contribution in [0.3, 0.4) is 0 Å². The van der Waals surface area contributed by atoms with Gasteiger partial charge in [-0.05, 0) is 37.4 Å². The minimum atomic E-state index is -0.107. The summed E-state index contributed by atoms with van der Waals surface area (Å²) in [6.07, 6.45) is 1.93. The number of rotatable bonds is 6. The van der Waals surface area contributed by atoms with E-state index in [1.807, 2.05) is 0 Å². The van der Waals surface area contributed by atoms with Gasteiger partial charge in [-0.1, -0.05) is 44.2 Å². The predicted molar refractivity (Wildman–Crippen MR) is 83.7 cm³/mol. The van der Waals surface area contributed by atoms with Crippen LogP contribution in [0.1, 0.15) is 38.3 Å². The molecule has 1 aromatic carbocycles. The first-order chi connectivity index (χ1) is 9.70. The highest BCUT2D eigenvalue weighted by atomic mass is 16.3. The van der Waals surface area contributed by atoms with E-state index >= 15 is 0 Å². The van der Waals surface area contributed by atoms with E-state index in [0.29, 0.717) is 12.0 Å². The van der Waals surface area contributed by atoms with E-state index in [-0.39, 0.29) is 6.10 Å². The third-order valence-electron chi connectivity index (χ3n) is 4.33. The molecule has 1 aromatic rings. The van der Waals surface area contributed by atoms with E-state index in [0.717, 1.165) is 39.0 Å². The average Bonchev–Trinajstić information content (AvgIpc) is 2.48. The van der Waals surface area contributed by atoms with Gasteiger partial charge in [0, 0.05) is 19.1 Å². The number of aliphatic hydroxyl groups is 1. The number of nitrogens with one attached hydrogen (secondary N) is 1. The molecule has 112 valence electrons. The van der Waals surface area contributed by atoms with Crippen LogP contribution in [-0.2, 0) is 0 Å². The van der Waals surface area contributed by atoms with Crippen LogP contribution in [0.15, 0.2) is 30.3 Å². The van der Waals surface area contributed by atoms with Crippen molar-refractivity contribution in [3.63, 3.8) is 0 Å². The number of nitrogens with zero attached hydrogens (tertiary/aromatic N) is 1. The quantitative estimate of drug-likeness (QED) is 0.837. The Morgan fingerprint density at radius 1 is 1.35 bits per heavy atom. The number of likely N-dealkylation sites (tertiary alicyclic amines) is 1. The largest absolute Gasteiger partial charge is 0.393 e. The molecule has 1 heterocycles. The molecule has 3 nitrogen and oxygen atoms in total. The Hall–Kier alpha value is -0.900. The smallest absolute Gasteiger partial charge is 0.0590 e. The first-order valence-electron chi connectivity index (χ1n) is 7.89. The molecule has 0 bridgehead atoms. The predicted octanol–water partition coefficient (Wildman–Crippen LogP) is 2.43. The van der Waals surface area contributed by atoms with Crippen molar-refractivity contribution < 1.29 is 5.11 Å². The van der Waals surface area contributed by atoms with Crippen LogP contribution in [-0.4, -0.2) is 42.3 Å². The molecule has 0 spiro atoms. The van der Waals surface area contributed by atoms with Crippen molar-refractivity contribution in [1.29, 1.82) is 0 Å². The van der Waals surface area contributed by atoms with E-state index in [4.69, 9.17) is 0 Å². The summed E-state index contributed by atoms with van der Waals surface area (Å²) in [4.78, 5) is 2.49. The highest BCUT2D eigenvalue weighted by Gasteiger charge is 2.24. The van der Waals surface area contributed by atoms with E-state index in [9.17, 15) is 5.11 Å². The number of aliphatic hydroxyl groups excluding tert-OH is 1. The van der Waals surface area contributed by atoms with Crippen LogP contribution in [0.2, 0.25) is 0 Å². The van der Waals surface area contributed by atoms with Crippen LogP contribution in [0.25, 0.3) is 0 Å². The number of piperidine rings is 1. The third-order valence-corrected chi connectivity index (χ3v) is 4.33. The van der Waals surface area contributed by atoms with Gasteiger partial charge in [-0.15, -0.1) is 0 Å². The van der Waals surface area contributed by atoms with Crippen molar-refractivity contribution in [2.75, 3.05) is 26.2 Å². The molecule has 3 heteroatoms. The summed E-state index contributed by atoms with van der Waals surface area (Å²) in [5, 5.41) is 13.4. The Balaban J connectivity index is 1.86. The lowest BCUT2D eigenvalue weighted by molar-refractivity contribution is 0.0337. The molecule has 1 aliphatic rings. The zero-order chi connectivity index (χ0) is 14.4. The van der Waals surface area contributed by atoms with Gasteiger partial charge in [0.15, 0.2) is 0 Å². The fraction of sp³-hybridized carbons (Fsp3) is 0.647. The van der Waals surface area contributed by atoms with Gasteiger partial charge in [-0.3, -0.25) is 0 Å². The van der Waals surface area contributed by atoms with Crippen LogP contribution in [0.5, 0.6) is 0 Å². The normalized spacial score (nSPS) is 25.6. The van der Waals surface area contributed by atoms with Gasteiger partial charge in [0.25, 0.3) is 0 Å². The van der Waals surface area contributed by atoms with Gasteiger partial charge < -0.3 is 15.3 Å². The minimum Gasteiger partial charge on any atom is -0.393 e. The summed E-state index contributed by atoms with van der Waals surface area (Å²) < 4.78 is 0. The Morgan fingerprint density at radius 3 is 2.75 bits per heavy atom. The Kier molecular flexibility index (Phi) is 6.02. The molecule has 3 unspecified atom stereocenters. The Bertz CT molecular complexity index is 382. The highest BCUT2D eigenvalue weighted by Crippen LogP contribution is 2.20. The van der Waals surface area contributed by atoms with Crippen molar-refractivity contribution in [1.82, 2.24) is 10.2 Å². The lowest BCUT2D eigenvalue weighted by atomic mass is 9.96. The molecular formula is C17H28N2O. The average molecular weight is 276 g/mol. The third kappa shape index (κ3) is 4.30. The zero-order valence-corrected chi connectivity index (χ0v) is 12.8. The molecule has 0 saturated carbocycles. The van der Waals surface area contributed by atoms with Gasteiger partial charge in [-0.25, -0.2) is 0 Å². The molecule has 0 radical (unpaired) electrons. The molecule has 2 N–H and O–H groups in total. The molecule has 1 saturated heterocycles. The molecule has 3 atom stereocenters. The topological polar surface area (TPSA) is 35.5 Å². The maximum absolute atomic E-state index is 9.80. The van der Waals surface area contributed by atoms with E-state index in [1.165, 1.54) is 5.56 Å². The van der Waals surface area contributed by atoms with E-state index in [1.54, 1.807) is 0 Å².